The highest BCUT2D eigenvalue weighted by molar-refractivity contribution is 6.83. The molecule has 0 heterocycles. The standard InChI is InChI=1S/C13H24O2Si/c1-6-8-12(14)13(15,9-7-2)10-11-16(3,4)5/h15H,6-9H2,1-5H3. The Bertz CT molecular complexity index is 293. The molecule has 0 spiro atoms. The largest absolute Gasteiger partial charge is 0.371 e. The van der Waals surface area contributed by atoms with E-state index in [-0.39, 0.29) is 5.78 Å². The van der Waals surface area contributed by atoms with E-state index in [9.17, 15) is 9.90 Å². The molecule has 0 rings (SSSR count). The minimum Gasteiger partial charge on any atom is -0.371 e. The molecule has 16 heavy (non-hydrogen) atoms. The van der Waals surface area contributed by atoms with Crippen LogP contribution in [0.2, 0.25) is 19.6 Å². The van der Waals surface area contributed by atoms with Crippen LogP contribution in [0.3, 0.4) is 0 Å². The van der Waals surface area contributed by atoms with Gasteiger partial charge in [0, 0.05) is 6.42 Å². The van der Waals surface area contributed by atoms with Crippen LogP contribution in [0.1, 0.15) is 39.5 Å². The van der Waals surface area contributed by atoms with Gasteiger partial charge in [0.25, 0.3) is 0 Å². The second-order valence-electron chi connectivity index (χ2n) is 5.28. The minimum absolute atomic E-state index is 0.123. The monoisotopic (exact) mass is 240 g/mol. The Labute approximate surface area is 100 Å². The van der Waals surface area contributed by atoms with Crippen LogP contribution in [0.4, 0.5) is 0 Å². The molecular formula is C13H24O2Si. The van der Waals surface area contributed by atoms with Gasteiger partial charge in [0.1, 0.15) is 8.07 Å². The van der Waals surface area contributed by atoms with Crippen LogP contribution in [0.5, 0.6) is 0 Å². The molecule has 0 saturated heterocycles. The molecule has 0 radical (unpaired) electrons. The summed E-state index contributed by atoms with van der Waals surface area (Å²) in [5.74, 6) is 2.72. The first-order valence-electron chi connectivity index (χ1n) is 6.05. The van der Waals surface area contributed by atoms with Crippen molar-refractivity contribution < 1.29 is 9.90 Å². The molecule has 0 aromatic heterocycles. The van der Waals surface area contributed by atoms with Gasteiger partial charge in [0.15, 0.2) is 11.4 Å². The zero-order chi connectivity index (χ0) is 12.8. The molecule has 0 aliphatic carbocycles. The number of hydrogen-bond acceptors (Lipinski definition) is 2. The van der Waals surface area contributed by atoms with Gasteiger partial charge in [-0.3, -0.25) is 4.79 Å². The van der Waals surface area contributed by atoms with Crippen molar-refractivity contribution in [1.29, 1.82) is 0 Å². The number of carbonyl (C=O) groups is 1. The molecule has 3 heteroatoms. The van der Waals surface area contributed by atoms with Crippen LogP contribution < -0.4 is 0 Å². The summed E-state index contributed by atoms with van der Waals surface area (Å²) in [6.45, 7) is 10.2. The van der Waals surface area contributed by atoms with Crippen molar-refractivity contribution in [3.8, 4) is 11.5 Å². The van der Waals surface area contributed by atoms with E-state index in [1.807, 2.05) is 13.8 Å². The third kappa shape index (κ3) is 5.48. The molecule has 1 unspecified atom stereocenters. The number of ketones is 1. The van der Waals surface area contributed by atoms with Crippen molar-refractivity contribution in [2.75, 3.05) is 0 Å². The van der Waals surface area contributed by atoms with Crippen molar-refractivity contribution in [3.63, 3.8) is 0 Å². The first-order valence-corrected chi connectivity index (χ1v) is 9.55. The molecule has 0 fully saturated rings. The number of Topliss-reactive ketones (excluding diaryl/α,β-unsaturated/α-hetero) is 1. The van der Waals surface area contributed by atoms with Crippen molar-refractivity contribution >= 4 is 13.9 Å². The highest BCUT2D eigenvalue weighted by Gasteiger charge is 2.31. The maximum atomic E-state index is 11.8. The molecule has 92 valence electrons. The lowest BCUT2D eigenvalue weighted by Crippen LogP contribution is -2.37. The van der Waals surface area contributed by atoms with Crippen LogP contribution in [-0.2, 0) is 4.79 Å². The maximum Gasteiger partial charge on any atom is 0.183 e. The average molecular weight is 240 g/mol. The number of hydrogen-bond donors (Lipinski definition) is 1. The number of aliphatic hydroxyl groups is 1. The van der Waals surface area contributed by atoms with E-state index >= 15 is 0 Å². The van der Waals surface area contributed by atoms with Gasteiger partial charge in [-0.1, -0.05) is 45.8 Å². The Morgan fingerprint density at radius 2 is 1.81 bits per heavy atom. The first kappa shape index (κ1) is 15.4. The quantitative estimate of drug-likeness (QED) is 0.592. The molecule has 0 aliphatic heterocycles. The lowest BCUT2D eigenvalue weighted by Gasteiger charge is -2.20. The second kappa shape index (κ2) is 6.22. The third-order valence-electron chi connectivity index (χ3n) is 2.19. The highest BCUT2D eigenvalue weighted by Crippen LogP contribution is 2.16. The number of rotatable bonds is 5. The van der Waals surface area contributed by atoms with Crippen molar-refractivity contribution in [2.24, 2.45) is 0 Å². The molecule has 0 aromatic rings. The molecule has 1 N–H and O–H groups in total. The SMILES string of the molecule is CCCC(=O)C(O)(C#C[Si](C)(C)C)CCC. The zero-order valence-electron chi connectivity index (χ0n) is 11.2. The summed E-state index contributed by atoms with van der Waals surface area (Å²) in [6.07, 6.45) is 2.39. The summed E-state index contributed by atoms with van der Waals surface area (Å²) in [5.41, 5.74) is 1.71. The van der Waals surface area contributed by atoms with Gasteiger partial charge in [-0.05, 0) is 12.8 Å². The first-order chi connectivity index (χ1) is 7.25. The predicted octanol–water partition coefficient (Wildman–Crippen LogP) is 2.77. The van der Waals surface area contributed by atoms with Crippen LogP contribution in [-0.4, -0.2) is 24.6 Å². The highest BCUT2D eigenvalue weighted by atomic mass is 28.3. The van der Waals surface area contributed by atoms with Crippen LogP contribution in [0.25, 0.3) is 0 Å². The number of carbonyl (C=O) groups excluding carboxylic acids is 1. The van der Waals surface area contributed by atoms with Crippen LogP contribution in [0, 0.1) is 11.5 Å². The van der Waals surface area contributed by atoms with Crippen molar-refractivity contribution in [1.82, 2.24) is 0 Å². The van der Waals surface area contributed by atoms with E-state index in [0.29, 0.717) is 12.8 Å². The lowest BCUT2D eigenvalue weighted by atomic mass is 9.91. The summed E-state index contributed by atoms with van der Waals surface area (Å²) < 4.78 is 0. The summed E-state index contributed by atoms with van der Waals surface area (Å²) in [7, 11) is -1.54. The van der Waals surface area contributed by atoms with Gasteiger partial charge in [0.2, 0.25) is 0 Å². The molecule has 0 bridgehead atoms. The fraction of sp³-hybridized carbons (Fsp3) is 0.769. The summed E-state index contributed by atoms with van der Waals surface area (Å²) in [6, 6.07) is 0. The Balaban J connectivity index is 4.94. The van der Waals surface area contributed by atoms with Gasteiger partial charge in [0.05, 0.1) is 0 Å². The summed E-state index contributed by atoms with van der Waals surface area (Å²) in [4.78, 5) is 11.8. The van der Waals surface area contributed by atoms with Crippen LogP contribution in [0.15, 0.2) is 0 Å². The van der Waals surface area contributed by atoms with Gasteiger partial charge >= 0.3 is 0 Å². The molecule has 1 atom stereocenters. The topological polar surface area (TPSA) is 37.3 Å². The Morgan fingerprint density at radius 3 is 2.19 bits per heavy atom. The van der Waals surface area contributed by atoms with E-state index in [1.54, 1.807) is 0 Å². The molecule has 0 amide bonds. The molecule has 2 nitrogen and oxygen atoms in total. The molecule has 0 aromatic carbocycles. The Hall–Kier alpha value is -0.593. The summed E-state index contributed by atoms with van der Waals surface area (Å²) >= 11 is 0. The average Bonchev–Trinajstić information content (AvgIpc) is 2.15. The molecular weight excluding hydrogens is 216 g/mol. The van der Waals surface area contributed by atoms with E-state index in [0.717, 1.165) is 12.8 Å². The van der Waals surface area contributed by atoms with Gasteiger partial charge in [-0.2, -0.15) is 0 Å². The Morgan fingerprint density at radius 1 is 1.25 bits per heavy atom. The van der Waals surface area contributed by atoms with Crippen LogP contribution >= 0.6 is 0 Å². The van der Waals surface area contributed by atoms with Gasteiger partial charge in [-0.15, -0.1) is 5.54 Å². The fourth-order valence-electron chi connectivity index (χ4n) is 1.36. The van der Waals surface area contributed by atoms with E-state index < -0.39 is 13.7 Å². The Kier molecular flexibility index (Phi) is 5.99. The van der Waals surface area contributed by atoms with Gasteiger partial charge in [-0.25, -0.2) is 0 Å². The van der Waals surface area contributed by atoms with Crippen molar-refractivity contribution in [2.45, 2.75) is 64.8 Å². The maximum absolute atomic E-state index is 11.8. The molecule has 0 saturated carbocycles. The molecule has 0 aliphatic rings. The third-order valence-corrected chi connectivity index (χ3v) is 3.07. The smallest absolute Gasteiger partial charge is 0.183 e. The normalized spacial score (nSPS) is 14.9. The minimum atomic E-state index is -1.54. The van der Waals surface area contributed by atoms with E-state index in [4.69, 9.17) is 0 Å². The summed E-state index contributed by atoms with van der Waals surface area (Å²) in [5, 5.41) is 10.3. The lowest BCUT2D eigenvalue weighted by molar-refractivity contribution is -0.132. The fourth-order valence-corrected chi connectivity index (χ4v) is 1.94. The zero-order valence-corrected chi connectivity index (χ0v) is 12.2. The second-order valence-corrected chi connectivity index (χ2v) is 10.0. The van der Waals surface area contributed by atoms with E-state index in [1.165, 1.54) is 0 Å². The predicted molar refractivity (Wildman–Crippen MR) is 70.9 cm³/mol. The van der Waals surface area contributed by atoms with E-state index in [2.05, 4.69) is 31.1 Å². The van der Waals surface area contributed by atoms with Crippen molar-refractivity contribution in [3.05, 3.63) is 0 Å². The van der Waals surface area contributed by atoms with Gasteiger partial charge < -0.3 is 5.11 Å².